The van der Waals surface area contributed by atoms with Crippen LogP contribution in [0.1, 0.15) is 50.3 Å². The second-order valence-corrected chi connectivity index (χ2v) is 6.47. The molecule has 2 amide bonds. The van der Waals surface area contributed by atoms with Crippen molar-refractivity contribution in [2.24, 2.45) is 0 Å². The van der Waals surface area contributed by atoms with Crippen LogP contribution >= 0.6 is 11.3 Å². The molecule has 0 aliphatic rings. The summed E-state index contributed by atoms with van der Waals surface area (Å²) in [6.07, 6.45) is 0.826. The summed E-state index contributed by atoms with van der Waals surface area (Å²) in [4.78, 5) is 30.2. The van der Waals surface area contributed by atoms with Gasteiger partial charge in [0.25, 0.3) is 11.8 Å². The fourth-order valence-electron chi connectivity index (χ4n) is 2.06. The van der Waals surface area contributed by atoms with Crippen LogP contribution in [-0.4, -0.2) is 23.3 Å². The summed E-state index contributed by atoms with van der Waals surface area (Å²) in [6.45, 7) is 8.29. The van der Waals surface area contributed by atoms with Crippen LogP contribution < -0.4 is 10.6 Å². The summed E-state index contributed by atoms with van der Waals surface area (Å²) in [5, 5.41) is 7.54. The van der Waals surface area contributed by atoms with Crippen LogP contribution in [0.4, 0.5) is 5.69 Å². The van der Waals surface area contributed by atoms with Gasteiger partial charge < -0.3 is 10.6 Å². The predicted molar refractivity (Wildman–Crippen MR) is 93.3 cm³/mol. The van der Waals surface area contributed by atoms with Crippen LogP contribution in [0.3, 0.4) is 0 Å². The largest absolute Gasteiger partial charge is 0.351 e. The zero-order valence-corrected chi connectivity index (χ0v) is 14.6. The van der Waals surface area contributed by atoms with E-state index in [0.29, 0.717) is 12.2 Å². The standard InChI is InChI=1S/C17H21N3O2S/c1-5-8-18-17(22)15-13(7-6-10(2)19-15)16(21)20-14-9-23-12(4)11(14)3/h6-7,9H,5,8H2,1-4H3,(H,18,22)(H,20,21). The number of pyridine rings is 1. The fraction of sp³-hybridized carbons (Fsp3) is 0.353. The first kappa shape index (κ1) is 17.1. The molecule has 0 bridgehead atoms. The van der Waals surface area contributed by atoms with Gasteiger partial charge in [0.15, 0.2) is 0 Å². The van der Waals surface area contributed by atoms with Crippen molar-refractivity contribution in [3.63, 3.8) is 0 Å². The van der Waals surface area contributed by atoms with Gasteiger partial charge in [-0.25, -0.2) is 4.98 Å². The van der Waals surface area contributed by atoms with E-state index in [1.165, 1.54) is 0 Å². The molecule has 122 valence electrons. The first-order chi connectivity index (χ1) is 10.9. The highest BCUT2D eigenvalue weighted by Crippen LogP contribution is 2.26. The highest BCUT2D eigenvalue weighted by Gasteiger charge is 2.19. The van der Waals surface area contributed by atoms with Gasteiger partial charge in [-0.2, -0.15) is 0 Å². The van der Waals surface area contributed by atoms with E-state index in [1.54, 1.807) is 30.4 Å². The number of thiophene rings is 1. The van der Waals surface area contributed by atoms with Gasteiger partial charge in [0.2, 0.25) is 0 Å². The Kier molecular flexibility index (Phi) is 5.50. The summed E-state index contributed by atoms with van der Waals surface area (Å²) in [6, 6.07) is 3.38. The van der Waals surface area contributed by atoms with E-state index in [-0.39, 0.29) is 23.1 Å². The van der Waals surface area contributed by atoms with Gasteiger partial charge in [-0.15, -0.1) is 11.3 Å². The number of hydrogen-bond donors (Lipinski definition) is 2. The molecule has 2 aromatic rings. The molecule has 0 saturated carbocycles. The van der Waals surface area contributed by atoms with Crippen molar-refractivity contribution in [3.05, 3.63) is 44.9 Å². The molecule has 2 rings (SSSR count). The predicted octanol–water partition coefficient (Wildman–Crippen LogP) is 3.46. The number of aromatic nitrogens is 1. The molecule has 0 radical (unpaired) electrons. The molecule has 0 aliphatic heterocycles. The van der Waals surface area contributed by atoms with Crippen LogP contribution in [-0.2, 0) is 0 Å². The third-order valence-corrected chi connectivity index (χ3v) is 4.58. The average Bonchev–Trinajstić information content (AvgIpc) is 2.84. The zero-order chi connectivity index (χ0) is 17.0. The number of amides is 2. The van der Waals surface area contributed by atoms with Crippen molar-refractivity contribution in [3.8, 4) is 0 Å². The van der Waals surface area contributed by atoms with Crippen molar-refractivity contribution < 1.29 is 9.59 Å². The third-order valence-electron chi connectivity index (χ3n) is 3.56. The minimum atomic E-state index is -0.320. The number of rotatable bonds is 5. The van der Waals surface area contributed by atoms with E-state index >= 15 is 0 Å². The Balaban J connectivity index is 2.29. The maximum atomic E-state index is 12.6. The van der Waals surface area contributed by atoms with Gasteiger partial charge in [-0.3, -0.25) is 9.59 Å². The van der Waals surface area contributed by atoms with Crippen molar-refractivity contribution >= 4 is 28.8 Å². The van der Waals surface area contributed by atoms with Crippen molar-refractivity contribution in [2.45, 2.75) is 34.1 Å². The lowest BCUT2D eigenvalue weighted by Crippen LogP contribution is -2.28. The quantitative estimate of drug-likeness (QED) is 0.881. The number of aryl methyl sites for hydroxylation is 2. The van der Waals surface area contributed by atoms with E-state index in [9.17, 15) is 9.59 Å². The number of anilines is 1. The topological polar surface area (TPSA) is 71.1 Å². The Morgan fingerprint density at radius 2 is 1.91 bits per heavy atom. The molecule has 0 aromatic carbocycles. The Hall–Kier alpha value is -2.21. The fourth-order valence-corrected chi connectivity index (χ4v) is 2.88. The van der Waals surface area contributed by atoms with Gasteiger partial charge in [0, 0.05) is 22.5 Å². The number of carbonyl (C=O) groups is 2. The third kappa shape index (κ3) is 3.96. The maximum absolute atomic E-state index is 12.6. The molecule has 0 atom stereocenters. The van der Waals surface area contributed by atoms with E-state index in [4.69, 9.17) is 0 Å². The SMILES string of the molecule is CCCNC(=O)c1nc(C)ccc1C(=O)Nc1csc(C)c1C. The Bertz CT molecular complexity index is 737. The molecule has 0 aliphatic carbocycles. The van der Waals surface area contributed by atoms with Crippen LogP contribution in [0.5, 0.6) is 0 Å². The van der Waals surface area contributed by atoms with Crippen LogP contribution in [0, 0.1) is 20.8 Å². The summed E-state index contributed by atoms with van der Waals surface area (Å²) in [5.41, 5.74) is 2.97. The molecule has 0 fully saturated rings. The van der Waals surface area contributed by atoms with Gasteiger partial charge in [0.1, 0.15) is 5.69 Å². The van der Waals surface area contributed by atoms with Crippen molar-refractivity contribution in [2.75, 3.05) is 11.9 Å². The number of nitrogens with zero attached hydrogens (tertiary/aromatic N) is 1. The van der Waals surface area contributed by atoms with E-state index in [2.05, 4.69) is 15.6 Å². The minimum Gasteiger partial charge on any atom is -0.351 e. The van der Waals surface area contributed by atoms with Crippen LogP contribution in [0.25, 0.3) is 0 Å². The minimum absolute atomic E-state index is 0.167. The van der Waals surface area contributed by atoms with Crippen molar-refractivity contribution in [1.82, 2.24) is 10.3 Å². The molecule has 0 spiro atoms. The maximum Gasteiger partial charge on any atom is 0.270 e. The highest BCUT2D eigenvalue weighted by molar-refractivity contribution is 7.10. The molecule has 2 aromatic heterocycles. The molecule has 2 heterocycles. The van der Waals surface area contributed by atoms with Gasteiger partial charge in [0.05, 0.1) is 11.3 Å². The monoisotopic (exact) mass is 331 g/mol. The summed E-state index contributed by atoms with van der Waals surface area (Å²) in [7, 11) is 0. The Labute approximate surface area is 140 Å². The highest BCUT2D eigenvalue weighted by atomic mass is 32.1. The normalized spacial score (nSPS) is 10.4. The number of carbonyl (C=O) groups excluding carboxylic acids is 2. The van der Waals surface area contributed by atoms with E-state index in [0.717, 1.165) is 22.5 Å². The average molecular weight is 331 g/mol. The van der Waals surface area contributed by atoms with Gasteiger partial charge in [-0.1, -0.05) is 6.92 Å². The molecule has 0 unspecified atom stereocenters. The molecule has 6 heteroatoms. The second-order valence-electron chi connectivity index (χ2n) is 5.39. The summed E-state index contributed by atoms with van der Waals surface area (Å²) < 4.78 is 0. The van der Waals surface area contributed by atoms with Gasteiger partial charge >= 0.3 is 0 Å². The van der Waals surface area contributed by atoms with E-state index < -0.39 is 0 Å². The number of nitrogens with one attached hydrogen (secondary N) is 2. The van der Waals surface area contributed by atoms with E-state index in [1.807, 2.05) is 26.2 Å². The zero-order valence-electron chi connectivity index (χ0n) is 13.8. The Morgan fingerprint density at radius 3 is 2.52 bits per heavy atom. The summed E-state index contributed by atoms with van der Waals surface area (Å²) >= 11 is 1.58. The van der Waals surface area contributed by atoms with Crippen LogP contribution in [0.2, 0.25) is 0 Å². The summed E-state index contributed by atoms with van der Waals surface area (Å²) in [5.74, 6) is -0.640. The number of hydrogen-bond acceptors (Lipinski definition) is 4. The molecular weight excluding hydrogens is 310 g/mol. The first-order valence-electron chi connectivity index (χ1n) is 7.56. The molecule has 23 heavy (non-hydrogen) atoms. The lowest BCUT2D eigenvalue weighted by molar-refractivity contribution is 0.0935. The molecular formula is C17H21N3O2S. The lowest BCUT2D eigenvalue weighted by Gasteiger charge is -2.10. The van der Waals surface area contributed by atoms with Crippen LogP contribution in [0.15, 0.2) is 17.5 Å². The molecule has 2 N–H and O–H groups in total. The molecule has 5 nitrogen and oxygen atoms in total. The lowest BCUT2D eigenvalue weighted by atomic mass is 10.1. The van der Waals surface area contributed by atoms with Gasteiger partial charge in [-0.05, 0) is 44.9 Å². The smallest absolute Gasteiger partial charge is 0.270 e. The second kappa shape index (κ2) is 7.37. The Morgan fingerprint density at radius 1 is 1.17 bits per heavy atom. The first-order valence-corrected chi connectivity index (χ1v) is 8.43. The molecule has 0 saturated heterocycles. The van der Waals surface area contributed by atoms with Crippen molar-refractivity contribution in [1.29, 1.82) is 0 Å².